The highest BCUT2D eigenvalue weighted by Crippen LogP contribution is 2.24. The summed E-state index contributed by atoms with van der Waals surface area (Å²) in [7, 11) is 1.34. The summed E-state index contributed by atoms with van der Waals surface area (Å²) in [5.74, 6) is 0.0379. The van der Waals surface area contributed by atoms with Crippen molar-refractivity contribution < 1.29 is 14.3 Å². The molecule has 1 fully saturated rings. The van der Waals surface area contributed by atoms with E-state index in [0.29, 0.717) is 22.7 Å². The summed E-state index contributed by atoms with van der Waals surface area (Å²) in [6.07, 6.45) is 5.36. The summed E-state index contributed by atoms with van der Waals surface area (Å²) in [5.41, 5.74) is 5.25. The summed E-state index contributed by atoms with van der Waals surface area (Å²) in [5, 5.41) is 11.2. The van der Waals surface area contributed by atoms with Gasteiger partial charge in [-0.05, 0) is 91.4 Å². The first-order valence-electron chi connectivity index (χ1n) is 12.3. The molecule has 0 bridgehead atoms. The normalized spacial score (nSPS) is 16.1. The van der Waals surface area contributed by atoms with Crippen molar-refractivity contribution >= 4 is 28.5 Å². The molecular weight excluding hydrogens is 452 g/mol. The molecule has 2 heterocycles. The minimum atomic E-state index is -0.403. The number of carbonyl (C=O) groups is 2. The van der Waals surface area contributed by atoms with Crippen molar-refractivity contribution in [2.75, 3.05) is 25.5 Å². The molecule has 36 heavy (non-hydrogen) atoms. The quantitative estimate of drug-likeness (QED) is 0.360. The molecule has 1 unspecified atom stereocenters. The molecule has 0 radical (unpaired) electrons. The van der Waals surface area contributed by atoms with Gasteiger partial charge in [-0.3, -0.25) is 14.8 Å². The van der Waals surface area contributed by atoms with Crippen LogP contribution in [0.4, 0.5) is 5.69 Å². The third kappa shape index (κ3) is 5.63. The fraction of sp³-hybridized carbons (Fsp3) is 0.276. The molecule has 4 aromatic rings. The van der Waals surface area contributed by atoms with E-state index in [1.807, 2.05) is 24.4 Å². The number of amides is 1. The summed E-state index contributed by atoms with van der Waals surface area (Å²) < 4.78 is 4.72. The lowest BCUT2D eigenvalue weighted by molar-refractivity contribution is 0.0600. The molecule has 7 nitrogen and oxygen atoms in total. The van der Waals surface area contributed by atoms with Gasteiger partial charge in [-0.2, -0.15) is 5.10 Å². The molecule has 5 rings (SSSR count). The van der Waals surface area contributed by atoms with Crippen molar-refractivity contribution in [3.05, 3.63) is 95.2 Å². The van der Waals surface area contributed by atoms with Crippen LogP contribution in [0.5, 0.6) is 0 Å². The number of nitrogens with one attached hydrogen (secondary N) is 2. The van der Waals surface area contributed by atoms with Gasteiger partial charge in [0.05, 0.1) is 24.4 Å². The maximum Gasteiger partial charge on any atom is 0.337 e. The molecular formula is C29H30N4O3. The Labute approximate surface area is 210 Å². The van der Waals surface area contributed by atoms with Gasteiger partial charge in [0.15, 0.2) is 0 Å². The second-order valence-electron chi connectivity index (χ2n) is 9.46. The predicted octanol–water partition coefficient (Wildman–Crippen LogP) is 5.06. The molecule has 0 aliphatic carbocycles. The van der Waals surface area contributed by atoms with E-state index >= 15 is 0 Å². The summed E-state index contributed by atoms with van der Waals surface area (Å²) in [4.78, 5) is 26.9. The Morgan fingerprint density at radius 1 is 1.06 bits per heavy atom. The zero-order valence-corrected chi connectivity index (χ0v) is 20.4. The highest BCUT2D eigenvalue weighted by atomic mass is 16.5. The Bertz CT molecular complexity index is 1360. The number of esters is 1. The maximum atomic E-state index is 12.8. The van der Waals surface area contributed by atoms with Crippen LogP contribution in [-0.4, -0.2) is 47.2 Å². The van der Waals surface area contributed by atoms with Crippen molar-refractivity contribution in [3.63, 3.8) is 0 Å². The fourth-order valence-electron chi connectivity index (χ4n) is 4.99. The maximum absolute atomic E-state index is 12.8. The molecule has 0 saturated carbocycles. The molecule has 2 N–H and O–H groups in total. The molecule has 1 atom stereocenters. The Balaban J connectivity index is 1.19. The lowest BCUT2D eigenvalue weighted by Gasteiger charge is -2.33. The van der Waals surface area contributed by atoms with Crippen LogP contribution in [-0.2, 0) is 17.7 Å². The Kier molecular flexibility index (Phi) is 7.09. The first-order valence-corrected chi connectivity index (χ1v) is 12.3. The predicted molar refractivity (Wildman–Crippen MR) is 140 cm³/mol. The number of fused-ring (bicyclic) bond motifs is 1. The molecule has 1 saturated heterocycles. The van der Waals surface area contributed by atoms with Crippen molar-refractivity contribution in [1.29, 1.82) is 0 Å². The Hall–Kier alpha value is -3.97. The second kappa shape index (κ2) is 10.7. The molecule has 1 aliphatic heterocycles. The van der Waals surface area contributed by atoms with Crippen LogP contribution in [0, 0.1) is 5.92 Å². The highest BCUT2D eigenvalue weighted by molar-refractivity contribution is 6.04. The van der Waals surface area contributed by atoms with E-state index in [2.05, 4.69) is 44.7 Å². The molecule has 1 aliphatic rings. The van der Waals surface area contributed by atoms with E-state index < -0.39 is 5.97 Å². The second-order valence-corrected chi connectivity index (χ2v) is 9.46. The molecule has 3 aromatic carbocycles. The molecule has 184 valence electrons. The number of hydrogen-bond acceptors (Lipinski definition) is 5. The lowest BCUT2D eigenvalue weighted by Crippen LogP contribution is -2.35. The Morgan fingerprint density at radius 2 is 1.92 bits per heavy atom. The minimum Gasteiger partial charge on any atom is -0.465 e. The van der Waals surface area contributed by atoms with Crippen LogP contribution in [0.1, 0.15) is 44.7 Å². The van der Waals surface area contributed by atoms with Crippen LogP contribution < -0.4 is 5.32 Å². The van der Waals surface area contributed by atoms with Gasteiger partial charge in [0.25, 0.3) is 5.91 Å². The zero-order valence-electron chi connectivity index (χ0n) is 20.4. The van der Waals surface area contributed by atoms with Crippen LogP contribution in [0.25, 0.3) is 10.9 Å². The number of H-pyrrole nitrogens is 1. The van der Waals surface area contributed by atoms with Gasteiger partial charge >= 0.3 is 5.97 Å². The number of hydrogen-bond donors (Lipinski definition) is 2. The van der Waals surface area contributed by atoms with Gasteiger partial charge in [0, 0.05) is 29.7 Å². The number of piperidine rings is 1. The van der Waals surface area contributed by atoms with Gasteiger partial charge in [-0.1, -0.05) is 18.2 Å². The third-order valence-electron chi connectivity index (χ3n) is 6.79. The number of methoxy groups -OCH3 is 1. The van der Waals surface area contributed by atoms with Crippen LogP contribution in [0.15, 0.2) is 72.9 Å². The number of aromatic amines is 1. The third-order valence-corrected chi connectivity index (χ3v) is 6.79. The van der Waals surface area contributed by atoms with Gasteiger partial charge in [0.1, 0.15) is 0 Å². The average Bonchev–Trinajstić information content (AvgIpc) is 3.37. The topological polar surface area (TPSA) is 87.3 Å². The molecule has 0 spiro atoms. The first kappa shape index (κ1) is 23.8. The highest BCUT2D eigenvalue weighted by Gasteiger charge is 2.21. The van der Waals surface area contributed by atoms with Gasteiger partial charge in [0.2, 0.25) is 0 Å². The van der Waals surface area contributed by atoms with Gasteiger partial charge in [-0.15, -0.1) is 0 Å². The standard InChI is InChI=1S/C29H30N4O3/c1-36-29(35)23-8-10-26(11-9-23)31-28(34)24-6-2-4-22(16-24)19-33-13-3-5-21(18-33)14-20-7-12-27-25(15-20)17-30-32-27/h2,4,6-12,15-17,21H,3,5,13-14,18-19H2,1H3,(H,30,32)(H,31,34). The van der Waals surface area contributed by atoms with E-state index in [1.54, 1.807) is 24.3 Å². The minimum absolute atomic E-state index is 0.172. The number of carbonyl (C=O) groups excluding carboxylic acids is 2. The number of anilines is 1. The van der Waals surface area contributed by atoms with Crippen molar-refractivity contribution in [3.8, 4) is 0 Å². The molecule has 1 amide bonds. The van der Waals surface area contributed by atoms with E-state index in [9.17, 15) is 9.59 Å². The smallest absolute Gasteiger partial charge is 0.337 e. The van der Waals surface area contributed by atoms with E-state index in [0.717, 1.165) is 42.5 Å². The monoisotopic (exact) mass is 482 g/mol. The number of rotatable bonds is 7. The fourth-order valence-corrected chi connectivity index (χ4v) is 4.99. The van der Waals surface area contributed by atoms with Crippen LogP contribution >= 0.6 is 0 Å². The Morgan fingerprint density at radius 3 is 2.75 bits per heavy atom. The summed E-state index contributed by atoms with van der Waals surface area (Å²) in [6.45, 7) is 2.94. The van der Waals surface area contributed by atoms with Crippen LogP contribution in [0.3, 0.4) is 0 Å². The summed E-state index contributed by atoms with van der Waals surface area (Å²) in [6, 6.07) is 21.0. The zero-order chi connectivity index (χ0) is 24.9. The largest absolute Gasteiger partial charge is 0.465 e. The first-order chi connectivity index (χ1) is 17.6. The van der Waals surface area contributed by atoms with Gasteiger partial charge < -0.3 is 10.1 Å². The van der Waals surface area contributed by atoms with Crippen molar-refractivity contribution in [2.45, 2.75) is 25.8 Å². The molecule has 7 heteroatoms. The van der Waals surface area contributed by atoms with E-state index in [4.69, 9.17) is 4.74 Å². The number of aromatic nitrogens is 2. The number of benzene rings is 3. The van der Waals surface area contributed by atoms with Crippen LogP contribution in [0.2, 0.25) is 0 Å². The number of likely N-dealkylation sites (tertiary alicyclic amines) is 1. The lowest BCUT2D eigenvalue weighted by atomic mass is 9.90. The number of nitrogens with zero attached hydrogens (tertiary/aromatic N) is 2. The van der Waals surface area contributed by atoms with Gasteiger partial charge in [-0.25, -0.2) is 4.79 Å². The SMILES string of the molecule is COC(=O)c1ccc(NC(=O)c2cccc(CN3CCCC(Cc4ccc5[nH]ncc5c4)C3)c2)cc1. The summed E-state index contributed by atoms with van der Waals surface area (Å²) >= 11 is 0. The van der Waals surface area contributed by atoms with Crippen molar-refractivity contribution in [1.82, 2.24) is 15.1 Å². The molecule has 1 aromatic heterocycles. The van der Waals surface area contributed by atoms with E-state index in [1.165, 1.54) is 25.5 Å². The number of ether oxygens (including phenoxy) is 1. The van der Waals surface area contributed by atoms with E-state index in [-0.39, 0.29) is 5.91 Å². The average molecular weight is 483 g/mol. The van der Waals surface area contributed by atoms with Crippen molar-refractivity contribution in [2.24, 2.45) is 5.92 Å².